The first-order valence-electron chi connectivity index (χ1n) is 4.54. The van der Waals surface area contributed by atoms with Gasteiger partial charge in [0.15, 0.2) is 0 Å². The van der Waals surface area contributed by atoms with Gasteiger partial charge in [0.25, 0.3) is 0 Å². The average Bonchev–Trinajstić information content (AvgIpc) is 2.21. The molecule has 1 atom stereocenters. The quantitative estimate of drug-likeness (QED) is 0.366. The lowest BCUT2D eigenvalue weighted by Crippen LogP contribution is -2.36. The Morgan fingerprint density at radius 3 is 2.31 bits per heavy atom. The summed E-state index contributed by atoms with van der Waals surface area (Å²) in [6.45, 7) is 2.14. The highest BCUT2D eigenvalue weighted by atomic mass is 15.3. The molecule has 0 saturated carbocycles. The Hall–Kier alpha value is -0.900. The molecule has 72 valence electrons. The maximum Gasteiger partial charge on any atom is 0.0958 e. The van der Waals surface area contributed by atoms with Gasteiger partial charge in [0, 0.05) is 0 Å². The Balaban J connectivity index is 2.78. The number of benzene rings is 1. The zero-order chi connectivity index (χ0) is 9.68. The number of nitrogens with two attached hydrogens (primary N) is 1. The smallest absolute Gasteiger partial charge is 0.0958 e. The first-order chi connectivity index (χ1) is 6.31. The zero-order valence-corrected chi connectivity index (χ0v) is 8.17. The van der Waals surface area contributed by atoms with E-state index in [1.807, 2.05) is 7.05 Å². The molecule has 0 radical (unpaired) electrons. The minimum atomic E-state index is 0.0332. The molecule has 1 unspecified atom stereocenters. The molecule has 0 saturated heterocycles. The van der Waals surface area contributed by atoms with Crippen molar-refractivity contribution in [3.05, 3.63) is 35.4 Å². The topological polar surface area (TPSA) is 50.1 Å². The Bertz CT molecular complexity index is 239. The lowest BCUT2D eigenvalue weighted by Gasteiger charge is -2.15. The van der Waals surface area contributed by atoms with Crippen molar-refractivity contribution in [3.63, 3.8) is 0 Å². The highest BCUT2D eigenvalue weighted by molar-refractivity contribution is 5.24. The van der Waals surface area contributed by atoms with E-state index < -0.39 is 0 Å². The van der Waals surface area contributed by atoms with Gasteiger partial charge in [0.05, 0.1) is 6.17 Å². The van der Waals surface area contributed by atoms with Gasteiger partial charge in [0.1, 0.15) is 0 Å². The summed E-state index contributed by atoms with van der Waals surface area (Å²) < 4.78 is 0. The molecular weight excluding hydrogens is 162 g/mol. The molecule has 0 aliphatic carbocycles. The molecule has 3 nitrogen and oxygen atoms in total. The summed E-state index contributed by atoms with van der Waals surface area (Å²) in [7, 11) is 1.87. The Morgan fingerprint density at radius 2 is 1.92 bits per heavy atom. The molecule has 0 aliphatic heterocycles. The van der Waals surface area contributed by atoms with Gasteiger partial charge < -0.3 is 5.32 Å². The van der Waals surface area contributed by atoms with Crippen LogP contribution < -0.4 is 16.6 Å². The first-order valence-corrected chi connectivity index (χ1v) is 4.54. The van der Waals surface area contributed by atoms with Crippen LogP contribution in [0.3, 0.4) is 0 Å². The highest BCUT2D eigenvalue weighted by Crippen LogP contribution is 2.10. The van der Waals surface area contributed by atoms with Crippen molar-refractivity contribution >= 4 is 0 Å². The largest absolute Gasteiger partial charge is 0.300 e. The van der Waals surface area contributed by atoms with Crippen LogP contribution in [0, 0.1) is 0 Å². The standard InChI is InChI=1S/C10H17N3/c1-3-8-4-6-9(7-5-8)10(12-2)13-11/h4-7,10,12-13H,3,11H2,1-2H3. The van der Waals surface area contributed by atoms with Gasteiger partial charge in [-0.15, -0.1) is 0 Å². The van der Waals surface area contributed by atoms with Crippen LogP contribution in [0.2, 0.25) is 0 Å². The molecule has 1 aromatic carbocycles. The minimum Gasteiger partial charge on any atom is -0.300 e. The van der Waals surface area contributed by atoms with Crippen molar-refractivity contribution in [1.29, 1.82) is 0 Å². The van der Waals surface area contributed by atoms with E-state index in [0.717, 1.165) is 12.0 Å². The molecule has 0 heterocycles. The highest BCUT2D eigenvalue weighted by Gasteiger charge is 2.04. The third-order valence-corrected chi connectivity index (χ3v) is 2.18. The van der Waals surface area contributed by atoms with E-state index in [1.54, 1.807) is 0 Å². The monoisotopic (exact) mass is 179 g/mol. The van der Waals surface area contributed by atoms with E-state index in [2.05, 4.69) is 41.9 Å². The lowest BCUT2D eigenvalue weighted by atomic mass is 10.1. The van der Waals surface area contributed by atoms with Crippen molar-refractivity contribution in [1.82, 2.24) is 10.7 Å². The van der Waals surface area contributed by atoms with Crippen LogP contribution in [0.25, 0.3) is 0 Å². The van der Waals surface area contributed by atoms with Crippen molar-refractivity contribution in [2.75, 3.05) is 7.05 Å². The van der Waals surface area contributed by atoms with E-state index in [9.17, 15) is 0 Å². The van der Waals surface area contributed by atoms with Gasteiger partial charge in [-0.3, -0.25) is 5.84 Å². The second-order valence-corrected chi connectivity index (χ2v) is 2.98. The lowest BCUT2D eigenvalue weighted by molar-refractivity contribution is 0.488. The maximum atomic E-state index is 5.37. The second-order valence-electron chi connectivity index (χ2n) is 2.98. The number of aryl methyl sites for hydroxylation is 1. The van der Waals surface area contributed by atoms with Gasteiger partial charge in [-0.1, -0.05) is 31.2 Å². The minimum absolute atomic E-state index is 0.0332. The van der Waals surface area contributed by atoms with Crippen molar-refractivity contribution < 1.29 is 0 Å². The van der Waals surface area contributed by atoms with Gasteiger partial charge in [-0.2, -0.15) is 0 Å². The molecule has 0 aliphatic rings. The fourth-order valence-corrected chi connectivity index (χ4v) is 1.29. The van der Waals surface area contributed by atoms with E-state index in [4.69, 9.17) is 5.84 Å². The molecule has 1 aromatic rings. The Labute approximate surface area is 79.3 Å². The van der Waals surface area contributed by atoms with Crippen LogP contribution >= 0.6 is 0 Å². The summed E-state index contributed by atoms with van der Waals surface area (Å²) in [4.78, 5) is 0. The van der Waals surface area contributed by atoms with Crippen LogP contribution in [0.15, 0.2) is 24.3 Å². The molecule has 1 rings (SSSR count). The van der Waals surface area contributed by atoms with E-state index >= 15 is 0 Å². The van der Waals surface area contributed by atoms with Crippen LogP contribution in [0.5, 0.6) is 0 Å². The molecule has 4 N–H and O–H groups in total. The molecule has 0 spiro atoms. The van der Waals surface area contributed by atoms with Gasteiger partial charge in [0.2, 0.25) is 0 Å². The number of hydrogen-bond acceptors (Lipinski definition) is 3. The Morgan fingerprint density at radius 1 is 1.31 bits per heavy atom. The molecule has 0 amide bonds. The van der Waals surface area contributed by atoms with Crippen molar-refractivity contribution in [2.24, 2.45) is 5.84 Å². The van der Waals surface area contributed by atoms with Crippen LogP contribution in [0.4, 0.5) is 0 Å². The fraction of sp³-hybridized carbons (Fsp3) is 0.400. The zero-order valence-electron chi connectivity index (χ0n) is 8.17. The van der Waals surface area contributed by atoms with Crippen LogP contribution in [-0.4, -0.2) is 7.05 Å². The number of hydrogen-bond donors (Lipinski definition) is 3. The molecule has 13 heavy (non-hydrogen) atoms. The van der Waals surface area contributed by atoms with Gasteiger partial charge in [-0.25, -0.2) is 5.43 Å². The molecule has 3 heteroatoms. The SMILES string of the molecule is CCc1ccc(C(NC)NN)cc1. The third kappa shape index (κ3) is 2.52. The molecule has 0 aromatic heterocycles. The molecule has 0 bridgehead atoms. The van der Waals surface area contributed by atoms with E-state index in [1.165, 1.54) is 5.56 Å². The summed E-state index contributed by atoms with van der Waals surface area (Å²) in [6, 6.07) is 8.41. The van der Waals surface area contributed by atoms with Gasteiger partial charge in [-0.05, 0) is 24.6 Å². The van der Waals surface area contributed by atoms with Crippen LogP contribution in [0.1, 0.15) is 24.2 Å². The van der Waals surface area contributed by atoms with Crippen molar-refractivity contribution in [2.45, 2.75) is 19.5 Å². The molecule has 0 fully saturated rings. The summed E-state index contributed by atoms with van der Waals surface area (Å²) in [5, 5.41) is 3.07. The summed E-state index contributed by atoms with van der Waals surface area (Å²) in [6.07, 6.45) is 1.10. The predicted molar refractivity (Wildman–Crippen MR) is 54.9 cm³/mol. The van der Waals surface area contributed by atoms with Crippen LogP contribution in [-0.2, 0) is 6.42 Å². The molecular formula is C10H17N3. The average molecular weight is 179 g/mol. The summed E-state index contributed by atoms with van der Waals surface area (Å²) in [5.74, 6) is 5.37. The number of nitrogens with one attached hydrogen (secondary N) is 2. The second kappa shape index (κ2) is 4.97. The fourth-order valence-electron chi connectivity index (χ4n) is 1.29. The predicted octanol–water partition coefficient (Wildman–Crippen LogP) is 0.930. The Kier molecular flexibility index (Phi) is 3.89. The van der Waals surface area contributed by atoms with Crippen molar-refractivity contribution in [3.8, 4) is 0 Å². The van der Waals surface area contributed by atoms with E-state index in [-0.39, 0.29) is 6.17 Å². The number of rotatable bonds is 4. The van der Waals surface area contributed by atoms with E-state index in [0.29, 0.717) is 0 Å². The summed E-state index contributed by atoms with van der Waals surface area (Å²) in [5.41, 5.74) is 5.19. The summed E-state index contributed by atoms with van der Waals surface area (Å²) >= 11 is 0. The maximum absolute atomic E-state index is 5.37. The third-order valence-electron chi connectivity index (χ3n) is 2.18. The van der Waals surface area contributed by atoms with Gasteiger partial charge >= 0.3 is 0 Å². The number of hydrazine groups is 1. The normalized spacial score (nSPS) is 12.8. The first kappa shape index (κ1) is 10.2.